The second-order valence-electron chi connectivity index (χ2n) is 3.90. The molecule has 1 aliphatic heterocycles. The first-order chi connectivity index (χ1) is 7.27. The minimum Gasteiger partial charge on any atom is -0.800 e. The Morgan fingerprint density at radius 1 is 1.19 bits per heavy atom. The summed E-state index contributed by atoms with van der Waals surface area (Å²) in [6.07, 6.45) is 6.05. The molecule has 1 aromatic rings. The molecule has 16 heavy (non-hydrogen) atoms. The van der Waals surface area contributed by atoms with Crippen molar-refractivity contribution < 1.29 is 22.4 Å². The SMILES string of the molecule is [Au].[S-]C([S-])N1CCC(c2ccncc2)CC1. The van der Waals surface area contributed by atoms with E-state index in [2.05, 4.69) is 22.0 Å². The third kappa shape index (κ3) is 3.79. The zero-order valence-electron chi connectivity index (χ0n) is 8.80. The predicted octanol–water partition coefficient (Wildman–Crippen LogP) is 1.64. The van der Waals surface area contributed by atoms with Gasteiger partial charge in [-0.25, -0.2) is 4.71 Å². The van der Waals surface area contributed by atoms with Gasteiger partial charge < -0.3 is 30.2 Å². The summed E-state index contributed by atoms with van der Waals surface area (Å²) in [4.78, 5) is 6.24. The molecule has 0 aliphatic carbocycles. The van der Waals surface area contributed by atoms with Gasteiger partial charge in [-0.05, 0) is 49.5 Å². The van der Waals surface area contributed by atoms with Crippen LogP contribution >= 0.6 is 0 Å². The van der Waals surface area contributed by atoms with Gasteiger partial charge in [0.2, 0.25) is 0 Å². The summed E-state index contributed by atoms with van der Waals surface area (Å²) in [5.41, 5.74) is 1.40. The van der Waals surface area contributed by atoms with Crippen LogP contribution in [0.15, 0.2) is 24.5 Å². The Bertz CT molecular complexity index is 300. The van der Waals surface area contributed by atoms with Gasteiger partial charge in [-0.3, -0.25) is 4.98 Å². The minimum absolute atomic E-state index is 0. The van der Waals surface area contributed by atoms with Gasteiger partial charge in [0.25, 0.3) is 0 Å². The number of pyridine rings is 1. The van der Waals surface area contributed by atoms with Crippen molar-refractivity contribution in [2.75, 3.05) is 13.1 Å². The Hall–Kier alpha value is 0.550. The van der Waals surface area contributed by atoms with E-state index in [0.717, 1.165) is 25.9 Å². The molecule has 2 rings (SSSR count). The van der Waals surface area contributed by atoms with Crippen molar-refractivity contribution in [1.29, 1.82) is 0 Å². The molecule has 0 N–H and O–H groups in total. The van der Waals surface area contributed by atoms with Crippen LogP contribution < -0.4 is 0 Å². The van der Waals surface area contributed by atoms with Crippen molar-refractivity contribution in [3.8, 4) is 0 Å². The summed E-state index contributed by atoms with van der Waals surface area (Å²) in [5, 5.41) is 0. The van der Waals surface area contributed by atoms with E-state index in [4.69, 9.17) is 25.3 Å². The molecular formula is C11H14AuN2S2-2. The maximum absolute atomic E-state index is 5.08. The Morgan fingerprint density at radius 2 is 1.75 bits per heavy atom. The van der Waals surface area contributed by atoms with Crippen molar-refractivity contribution >= 4 is 25.3 Å². The summed E-state index contributed by atoms with van der Waals surface area (Å²) < 4.78 is -0.136. The number of likely N-dealkylation sites (tertiary alicyclic amines) is 1. The van der Waals surface area contributed by atoms with Crippen molar-refractivity contribution in [3.63, 3.8) is 0 Å². The maximum Gasteiger partial charge on any atom is 0.0270 e. The van der Waals surface area contributed by atoms with Crippen molar-refractivity contribution in [2.45, 2.75) is 23.5 Å². The molecule has 2 heterocycles. The van der Waals surface area contributed by atoms with Gasteiger partial charge in [-0.2, -0.15) is 0 Å². The fraction of sp³-hybridized carbons (Fsp3) is 0.545. The molecular weight excluding hydrogens is 421 g/mol. The van der Waals surface area contributed by atoms with Crippen molar-refractivity contribution in [2.24, 2.45) is 0 Å². The van der Waals surface area contributed by atoms with Crippen LogP contribution in [0.2, 0.25) is 0 Å². The standard InChI is InChI=1S/C11H16N2S2.Au/c14-11(15)13-7-3-10(4-8-13)9-1-5-12-6-2-9;/h1-2,5-6,10-11,14-15H,3-4,7-8H2;/p-2. The molecule has 0 spiro atoms. The predicted molar refractivity (Wildman–Crippen MR) is 66.3 cm³/mol. The van der Waals surface area contributed by atoms with E-state index in [-0.39, 0.29) is 27.1 Å². The molecule has 1 radical (unpaired) electrons. The number of hydrogen-bond donors (Lipinski definition) is 0. The molecule has 0 aromatic carbocycles. The van der Waals surface area contributed by atoms with E-state index in [1.165, 1.54) is 5.56 Å². The second kappa shape index (κ2) is 7.09. The Morgan fingerprint density at radius 3 is 2.25 bits per heavy atom. The monoisotopic (exact) mass is 435 g/mol. The minimum atomic E-state index is -0.136. The van der Waals surface area contributed by atoms with Gasteiger partial charge in [-0.1, -0.05) is 0 Å². The van der Waals surface area contributed by atoms with Crippen LogP contribution in [0.3, 0.4) is 0 Å². The maximum atomic E-state index is 5.08. The van der Waals surface area contributed by atoms with Gasteiger partial charge in [-0.15, -0.1) is 0 Å². The van der Waals surface area contributed by atoms with E-state index in [0.29, 0.717) is 5.92 Å². The number of rotatable bonds is 2. The van der Waals surface area contributed by atoms with E-state index in [1.54, 1.807) is 0 Å². The molecule has 0 amide bonds. The van der Waals surface area contributed by atoms with Gasteiger partial charge in [0, 0.05) is 34.8 Å². The van der Waals surface area contributed by atoms with Crippen LogP contribution in [0, 0.1) is 0 Å². The van der Waals surface area contributed by atoms with Crippen LogP contribution in [0.4, 0.5) is 0 Å². The van der Waals surface area contributed by atoms with Gasteiger partial charge >= 0.3 is 0 Å². The van der Waals surface area contributed by atoms with Crippen molar-refractivity contribution in [3.05, 3.63) is 30.1 Å². The third-order valence-corrected chi connectivity index (χ3v) is 3.60. The van der Waals surface area contributed by atoms with Gasteiger partial charge in [0.15, 0.2) is 0 Å². The molecule has 0 saturated carbocycles. The van der Waals surface area contributed by atoms with Crippen LogP contribution in [0.1, 0.15) is 24.3 Å². The molecule has 0 bridgehead atoms. The van der Waals surface area contributed by atoms with Gasteiger partial charge in [0.05, 0.1) is 0 Å². The first-order valence-corrected chi connectivity index (χ1v) is 6.17. The smallest absolute Gasteiger partial charge is 0.0270 e. The molecule has 1 aliphatic rings. The first-order valence-electron chi connectivity index (χ1n) is 5.23. The zero-order valence-corrected chi connectivity index (χ0v) is 12.6. The number of hydrogen-bond acceptors (Lipinski definition) is 4. The summed E-state index contributed by atoms with van der Waals surface area (Å²) >= 11 is 10.2. The summed E-state index contributed by atoms with van der Waals surface area (Å²) in [7, 11) is 0. The average molecular weight is 435 g/mol. The second-order valence-corrected chi connectivity index (χ2v) is 5.09. The molecule has 93 valence electrons. The van der Waals surface area contributed by atoms with E-state index in [1.807, 2.05) is 12.4 Å². The Kier molecular flexibility index (Phi) is 6.47. The fourth-order valence-electron chi connectivity index (χ4n) is 2.08. The quantitative estimate of drug-likeness (QED) is 0.519. The van der Waals surface area contributed by atoms with E-state index >= 15 is 0 Å². The molecule has 2 nitrogen and oxygen atoms in total. The molecule has 0 unspecified atom stereocenters. The van der Waals surface area contributed by atoms with Crippen LogP contribution in [0.5, 0.6) is 0 Å². The fourth-order valence-corrected chi connectivity index (χ4v) is 2.50. The van der Waals surface area contributed by atoms with Crippen LogP contribution in [0.25, 0.3) is 0 Å². The van der Waals surface area contributed by atoms with Crippen LogP contribution in [-0.4, -0.2) is 27.7 Å². The first kappa shape index (κ1) is 14.6. The third-order valence-electron chi connectivity index (χ3n) is 3.01. The molecule has 1 fully saturated rings. The molecule has 0 atom stereocenters. The molecule has 1 aromatic heterocycles. The van der Waals surface area contributed by atoms with E-state index < -0.39 is 0 Å². The largest absolute Gasteiger partial charge is 0.800 e. The van der Waals surface area contributed by atoms with Gasteiger partial charge in [0.1, 0.15) is 0 Å². The van der Waals surface area contributed by atoms with E-state index in [9.17, 15) is 0 Å². The average Bonchev–Trinajstić information content (AvgIpc) is 2.30. The number of piperidine rings is 1. The summed E-state index contributed by atoms with van der Waals surface area (Å²) in [5.74, 6) is 0.660. The zero-order chi connectivity index (χ0) is 10.7. The summed E-state index contributed by atoms with van der Waals surface area (Å²) in [6, 6.07) is 4.22. The topological polar surface area (TPSA) is 16.1 Å². The number of nitrogens with zero attached hydrogens (tertiary/aromatic N) is 2. The summed E-state index contributed by atoms with van der Waals surface area (Å²) in [6.45, 7) is 2.06. The number of aromatic nitrogens is 1. The van der Waals surface area contributed by atoms with Crippen molar-refractivity contribution in [1.82, 2.24) is 9.88 Å². The molecule has 5 heteroatoms. The van der Waals surface area contributed by atoms with Crippen LogP contribution in [-0.2, 0) is 47.6 Å². The Balaban J connectivity index is 0.00000128. The normalized spacial score (nSPS) is 18.4. The Labute approximate surface area is 124 Å². The molecule has 1 saturated heterocycles.